The summed E-state index contributed by atoms with van der Waals surface area (Å²) in [5.41, 5.74) is 0.822. The Balaban J connectivity index is 1.81. The first-order chi connectivity index (χ1) is 10.5. The van der Waals surface area contributed by atoms with Crippen LogP contribution in [-0.4, -0.2) is 57.9 Å². The summed E-state index contributed by atoms with van der Waals surface area (Å²) in [6, 6.07) is 9.27. The lowest BCUT2D eigenvalue weighted by molar-refractivity contribution is -0.902. The number of carbonyl (C=O) groups excluding carboxylic acids is 1. The Morgan fingerprint density at radius 3 is 2.45 bits per heavy atom. The van der Waals surface area contributed by atoms with Gasteiger partial charge in [-0.25, -0.2) is 8.42 Å². The molecule has 0 saturated carbocycles. The van der Waals surface area contributed by atoms with E-state index in [1.807, 2.05) is 30.3 Å². The minimum atomic E-state index is -3.24. The summed E-state index contributed by atoms with van der Waals surface area (Å²) in [6.07, 6.45) is 0. The standard InChI is InChI=1S/C15H23N3O3S/c1-14(19)16-7-8-17-9-11-18(12-10-17)22(20,21)13-15-5-3-2-4-6-15/h2-6H,7-13H2,1H3,(H,16,19)/p+1. The first-order valence-electron chi connectivity index (χ1n) is 7.57. The smallest absolute Gasteiger partial charge is 0.218 e. The third kappa shape index (κ3) is 5.08. The zero-order valence-corrected chi connectivity index (χ0v) is 13.7. The van der Waals surface area contributed by atoms with Crippen molar-refractivity contribution in [3.8, 4) is 0 Å². The van der Waals surface area contributed by atoms with Crippen molar-refractivity contribution >= 4 is 15.9 Å². The van der Waals surface area contributed by atoms with Crippen molar-refractivity contribution in [3.63, 3.8) is 0 Å². The van der Waals surface area contributed by atoms with E-state index < -0.39 is 10.0 Å². The maximum absolute atomic E-state index is 12.4. The highest BCUT2D eigenvalue weighted by Gasteiger charge is 2.28. The Hall–Kier alpha value is -1.44. The normalized spacial score (nSPS) is 17.3. The molecule has 122 valence electrons. The zero-order valence-electron chi connectivity index (χ0n) is 12.9. The fourth-order valence-corrected chi connectivity index (χ4v) is 4.16. The van der Waals surface area contributed by atoms with Gasteiger partial charge in [0.25, 0.3) is 0 Å². The Labute approximate surface area is 132 Å². The minimum Gasteiger partial charge on any atom is -0.351 e. The van der Waals surface area contributed by atoms with Crippen LogP contribution in [0.2, 0.25) is 0 Å². The van der Waals surface area contributed by atoms with Gasteiger partial charge in [0, 0.05) is 6.92 Å². The Bertz CT molecular complexity index is 581. The molecule has 0 aromatic heterocycles. The Morgan fingerprint density at radius 2 is 1.86 bits per heavy atom. The van der Waals surface area contributed by atoms with E-state index in [9.17, 15) is 13.2 Å². The van der Waals surface area contributed by atoms with Gasteiger partial charge in [-0.2, -0.15) is 4.31 Å². The monoisotopic (exact) mass is 326 g/mol. The quantitative estimate of drug-likeness (QED) is 0.694. The number of quaternary nitrogens is 1. The summed E-state index contributed by atoms with van der Waals surface area (Å²) < 4.78 is 26.4. The molecule has 1 amide bonds. The molecule has 2 rings (SSSR count). The SMILES string of the molecule is CC(=O)NCC[NH+]1CCN(S(=O)(=O)Cc2ccccc2)CC1. The van der Waals surface area contributed by atoms with E-state index in [2.05, 4.69) is 5.32 Å². The van der Waals surface area contributed by atoms with Gasteiger partial charge in [-0.3, -0.25) is 4.79 Å². The van der Waals surface area contributed by atoms with E-state index in [0.29, 0.717) is 19.6 Å². The molecule has 0 spiro atoms. The molecular weight excluding hydrogens is 302 g/mol. The van der Waals surface area contributed by atoms with Gasteiger partial charge in [0.2, 0.25) is 15.9 Å². The predicted octanol–water partition coefficient (Wildman–Crippen LogP) is -1.15. The average molecular weight is 326 g/mol. The summed E-state index contributed by atoms with van der Waals surface area (Å²) in [4.78, 5) is 12.2. The lowest BCUT2D eigenvalue weighted by Gasteiger charge is -2.31. The van der Waals surface area contributed by atoms with E-state index in [0.717, 1.165) is 25.2 Å². The topological polar surface area (TPSA) is 70.9 Å². The molecule has 0 bridgehead atoms. The zero-order chi connectivity index (χ0) is 16.0. The molecule has 1 aromatic carbocycles. The van der Waals surface area contributed by atoms with Crippen LogP contribution in [-0.2, 0) is 20.6 Å². The number of carbonyl (C=O) groups is 1. The van der Waals surface area contributed by atoms with Gasteiger partial charge in [0.1, 0.15) is 0 Å². The molecule has 0 atom stereocenters. The van der Waals surface area contributed by atoms with Gasteiger partial charge in [0.15, 0.2) is 0 Å². The van der Waals surface area contributed by atoms with Crippen molar-refractivity contribution in [1.82, 2.24) is 9.62 Å². The van der Waals surface area contributed by atoms with E-state index in [-0.39, 0.29) is 11.7 Å². The molecule has 1 aliphatic heterocycles. The van der Waals surface area contributed by atoms with E-state index in [1.165, 1.54) is 11.8 Å². The van der Waals surface area contributed by atoms with Gasteiger partial charge in [-0.1, -0.05) is 30.3 Å². The second-order valence-corrected chi connectivity index (χ2v) is 7.59. The van der Waals surface area contributed by atoms with Crippen LogP contribution < -0.4 is 10.2 Å². The van der Waals surface area contributed by atoms with Crippen molar-refractivity contribution in [3.05, 3.63) is 35.9 Å². The maximum Gasteiger partial charge on any atom is 0.218 e. The summed E-state index contributed by atoms with van der Waals surface area (Å²) in [5.74, 6) is 0.0400. The van der Waals surface area contributed by atoms with Crippen molar-refractivity contribution in [1.29, 1.82) is 0 Å². The highest BCUT2D eigenvalue weighted by atomic mass is 32.2. The molecule has 1 aromatic rings. The molecule has 22 heavy (non-hydrogen) atoms. The number of sulfonamides is 1. The second-order valence-electron chi connectivity index (χ2n) is 5.62. The number of hydrogen-bond donors (Lipinski definition) is 2. The molecule has 1 heterocycles. The van der Waals surface area contributed by atoms with Gasteiger partial charge < -0.3 is 10.2 Å². The first kappa shape index (κ1) is 16.9. The van der Waals surface area contributed by atoms with Gasteiger partial charge in [-0.05, 0) is 5.56 Å². The molecule has 7 heteroatoms. The summed E-state index contributed by atoms with van der Waals surface area (Å²) in [5, 5.41) is 2.78. The molecule has 1 aliphatic rings. The highest BCUT2D eigenvalue weighted by Crippen LogP contribution is 2.10. The number of amides is 1. The lowest BCUT2D eigenvalue weighted by atomic mass is 10.2. The number of piperazine rings is 1. The fraction of sp³-hybridized carbons (Fsp3) is 0.533. The van der Waals surface area contributed by atoms with Gasteiger partial charge >= 0.3 is 0 Å². The van der Waals surface area contributed by atoms with Crippen LogP contribution in [0, 0.1) is 0 Å². The van der Waals surface area contributed by atoms with Crippen LogP contribution in [0.5, 0.6) is 0 Å². The number of nitrogens with zero attached hydrogens (tertiary/aromatic N) is 1. The van der Waals surface area contributed by atoms with E-state index in [4.69, 9.17) is 0 Å². The first-order valence-corrected chi connectivity index (χ1v) is 9.18. The summed E-state index contributed by atoms with van der Waals surface area (Å²) in [7, 11) is -3.24. The average Bonchev–Trinajstić information content (AvgIpc) is 2.48. The Kier molecular flexibility index (Phi) is 5.93. The minimum absolute atomic E-state index is 0.0246. The third-order valence-electron chi connectivity index (χ3n) is 3.87. The molecule has 2 N–H and O–H groups in total. The number of hydrogen-bond acceptors (Lipinski definition) is 3. The van der Waals surface area contributed by atoms with E-state index >= 15 is 0 Å². The highest BCUT2D eigenvalue weighted by molar-refractivity contribution is 7.88. The number of benzene rings is 1. The summed E-state index contributed by atoms with van der Waals surface area (Å²) >= 11 is 0. The van der Waals surface area contributed by atoms with Crippen LogP contribution in [0.1, 0.15) is 12.5 Å². The Morgan fingerprint density at radius 1 is 1.23 bits per heavy atom. The third-order valence-corrected chi connectivity index (χ3v) is 5.72. The van der Waals surface area contributed by atoms with Crippen molar-refractivity contribution in [2.45, 2.75) is 12.7 Å². The molecule has 0 aliphatic carbocycles. The lowest BCUT2D eigenvalue weighted by Crippen LogP contribution is -3.15. The number of rotatable bonds is 6. The maximum atomic E-state index is 12.4. The van der Waals surface area contributed by atoms with Crippen LogP contribution in [0.4, 0.5) is 0 Å². The molecule has 0 unspecified atom stereocenters. The van der Waals surface area contributed by atoms with Crippen molar-refractivity contribution < 1.29 is 18.1 Å². The molecule has 1 saturated heterocycles. The van der Waals surface area contributed by atoms with Crippen molar-refractivity contribution in [2.75, 3.05) is 39.3 Å². The van der Waals surface area contributed by atoms with Gasteiger partial charge in [0.05, 0.1) is 45.0 Å². The largest absolute Gasteiger partial charge is 0.351 e. The van der Waals surface area contributed by atoms with Crippen LogP contribution in [0.3, 0.4) is 0 Å². The van der Waals surface area contributed by atoms with Crippen molar-refractivity contribution in [2.24, 2.45) is 0 Å². The number of nitrogens with one attached hydrogen (secondary N) is 2. The van der Waals surface area contributed by atoms with Crippen LogP contribution >= 0.6 is 0 Å². The molecule has 1 fully saturated rings. The predicted molar refractivity (Wildman–Crippen MR) is 84.9 cm³/mol. The molecular formula is C15H24N3O3S+. The summed E-state index contributed by atoms with van der Waals surface area (Å²) in [6.45, 7) is 5.65. The molecule has 6 nitrogen and oxygen atoms in total. The van der Waals surface area contributed by atoms with Gasteiger partial charge in [-0.15, -0.1) is 0 Å². The molecule has 0 radical (unpaired) electrons. The second kappa shape index (κ2) is 7.71. The van der Waals surface area contributed by atoms with E-state index in [1.54, 1.807) is 4.31 Å². The fourth-order valence-electron chi connectivity index (χ4n) is 2.62. The van der Waals surface area contributed by atoms with Crippen LogP contribution in [0.25, 0.3) is 0 Å². The van der Waals surface area contributed by atoms with Crippen LogP contribution in [0.15, 0.2) is 30.3 Å².